The maximum absolute atomic E-state index is 5.63. The predicted molar refractivity (Wildman–Crippen MR) is 55.4 cm³/mol. The third kappa shape index (κ3) is 3.22. The van der Waals surface area contributed by atoms with Gasteiger partial charge in [0, 0.05) is 26.2 Å². The molecule has 0 atom stereocenters. The molecule has 14 heavy (non-hydrogen) atoms. The van der Waals surface area contributed by atoms with Crippen LogP contribution >= 0.6 is 0 Å². The van der Waals surface area contributed by atoms with Crippen LogP contribution in [0.2, 0.25) is 0 Å². The van der Waals surface area contributed by atoms with Crippen molar-refractivity contribution < 1.29 is 9.47 Å². The van der Waals surface area contributed by atoms with Gasteiger partial charge in [-0.15, -0.1) is 0 Å². The second kappa shape index (κ2) is 5.44. The van der Waals surface area contributed by atoms with Gasteiger partial charge in [0.2, 0.25) is 5.88 Å². The number of methoxy groups -OCH3 is 1. The molecule has 0 saturated carbocycles. The van der Waals surface area contributed by atoms with E-state index in [0.29, 0.717) is 24.8 Å². The van der Waals surface area contributed by atoms with Crippen LogP contribution in [0, 0.1) is 6.92 Å². The molecule has 0 spiro atoms. The zero-order valence-electron chi connectivity index (χ0n) is 8.62. The average Bonchev–Trinajstić information content (AvgIpc) is 2.18. The Morgan fingerprint density at radius 1 is 1.43 bits per heavy atom. The number of aromatic nitrogens is 1. The highest BCUT2D eigenvalue weighted by atomic mass is 16.5. The summed E-state index contributed by atoms with van der Waals surface area (Å²) in [6, 6.07) is 1.84. The Balaban J connectivity index is 2.39. The summed E-state index contributed by atoms with van der Waals surface area (Å²) in [6.07, 6.45) is 2.47. The summed E-state index contributed by atoms with van der Waals surface area (Å²) in [7, 11) is 1.67. The van der Waals surface area contributed by atoms with Crippen LogP contribution in [0.3, 0.4) is 0 Å². The van der Waals surface area contributed by atoms with Crippen molar-refractivity contribution >= 4 is 5.69 Å². The van der Waals surface area contributed by atoms with Gasteiger partial charge in [0.1, 0.15) is 0 Å². The third-order valence-corrected chi connectivity index (χ3v) is 1.87. The largest absolute Gasteiger partial charge is 0.478 e. The summed E-state index contributed by atoms with van der Waals surface area (Å²) in [4.78, 5) is 4.05. The van der Waals surface area contributed by atoms with E-state index in [9.17, 15) is 0 Å². The minimum Gasteiger partial charge on any atom is -0.478 e. The molecular weight excluding hydrogens is 180 g/mol. The minimum atomic E-state index is 0.615. The summed E-state index contributed by atoms with van der Waals surface area (Å²) < 4.78 is 10.3. The van der Waals surface area contributed by atoms with Gasteiger partial charge >= 0.3 is 0 Å². The molecular formula is C10H16N2O2. The smallest absolute Gasteiger partial charge is 0.213 e. The lowest BCUT2D eigenvalue weighted by Crippen LogP contribution is -2.03. The lowest BCUT2D eigenvalue weighted by atomic mass is 10.2. The van der Waals surface area contributed by atoms with E-state index in [4.69, 9.17) is 15.2 Å². The molecule has 2 N–H and O–H groups in total. The van der Waals surface area contributed by atoms with E-state index < -0.39 is 0 Å². The van der Waals surface area contributed by atoms with Crippen molar-refractivity contribution in [3.63, 3.8) is 0 Å². The summed E-state index contributed by atoms with van der Waals surface area (Å²) in [5.41, 5.74) is 7.30. The first-order valence-electron chi connectivity index (χ1n) is 4.58. The molecule has 0 aliphatic heterocycles. The Hall–Kier alpha value is -1.29. The first-order valence-corrected chi connectivity index (χ1v) is 4.58. The van der Waals surface area contributed by atoms with Crippen LogP contribution in [0.15, 0.2) is 12.3 Å². The molecule has 0 aliphatic rings. The van der Waals surface area contributed by atoms with Crippen molar-refractivity contribution in [2.24, 2.45) is 0 Å². The number of ether oxygens (including phenoxy) is 2. The van der Waals surface area contributed by atoms with Crippen molar-refractivity contribution in [1.29, 1.82) is 0 Å². The Bertz CT molecular complexity index is 289. The number of aryl methyl sites for hydroxylation is 1. The zero-order valence-corrected chi connectivity index (χ0v) is 8.62. The molecule has 1 rings (SSSR count). The number of nitrogen functional groups attached to an aromatic ring is 1. The second-order valence-electron chi connectivity index (χ2n) is 3.07. The SMILES string of the molecule is COCCCOc1cc(C)c(N)cn1. The molecule has 1 aromatic heterocycles. The first-order chi connectivity index (χ1) is 6.74. The summed E-state index contributed by atoms with van der Waals surface area (Å²) in [5, 5.41) is 0. The van der Waals surface area contributed by atoms with Gasteiger partial charge in [0.25, 0.3) is 0 Å². The van der Waals surface area contributed by atoms with Gasteiger partial charge in [-0.3, -0.25) is 0 Å². The van der Waals surface area contributed by atoms with Gasteiger partial charge < -0.3 is 15.2 Å². The molecule has 0 aliphatic carbocycles. The van der Waals surface area contributed by atoms with Crippen molar-refractivity contribution in [3.8, 4) is 5.88 Å². The maximum atomic E-state index is 5.63. The normalized spacial score (nSPS) is 10.1. The molecule has 4 nitrogen and oxygen atoms in total. The van der Waals surface area contributed by atoms with Gasteiger partial charge in [-0.05, 0) is 12.5 Å². The first kappa shape index (κ1) is 10.8. The van der Waals surface area contributed by atoms with Gasteiger partial charge in [0.05, 0.1) is 18.5 Å². The summed E-state index contributed by atoms with van der Waals surface area (Å²) >= 11 is 0. The van der Waals surface area contributed by atoms with Gasteiger partial charge in [-0.25, -0.2) is 4.98 Å². The third-order valence-electron chi connectivity index (χ3n) is 1.87. The van der Waals surface area contributed by atoms with Gasteiger partial charge in [0.15, 0.2) is 0 Å². The van der Waals surface area contributed by atoms with Crippen LogP contribution in [0.4, 0.5) is 5.69 Å². The quantitative estimate of drug-likeness (QED) is 0.723. The molecule has 0 unspecified atom stereocenters. The average molecular weight is 196 g/mol. The van der Waals surface area contributed by atoms with E-state index in [-0.39, 0.29) is 0 Å². The van der Waals surface area contributed by atoms with Crippen molar-refractivity contribution in [2.75, 3.05) is 26.1 Å². The van der Waals surface area contributed by atoms with E-state index in [1.165, 1.54) is 0 Å². The van der Waals surface area contributed by atoms with Crippen molar-refractivity contribution in [2.45, 2.75) is 13.3 Å². The number of hydrogen-bond donors (Lipinski definition) is 1. The Kier molecular flexibility index (Phi) is 4.19. The molecule has 0 radical (unpaired) electrons. The van der Waals surface area contributed by atoms with E-state index in [0.717, 1.165) is 12.0 Å². The number of pyridine rings is 1. The standard InChI is InChI=1S/C10H16N2O2/c1-8-6-10(12-7-9(8)11)14-5-3-4-13-2/h6-7H,3-5,11H2,1-2H3. The Morgan fingerprint density at radius 3 is 2.86 bits per heavy atom. The molecule has 0 saturated heterocycles. The molecule has 0 amide bonds. The highest BCUT2D eigenvalue weighted by Gasteiger charge is 1.98. The minimum absolute atomic E-state index is 0.615. The van der Waals surface area contributed by atoms with Gasteiger partial charge in [-0.2, -0.15) is 0 Å². The fourth-order valence-corrected chi connectivity index (χ4v) is 1.000. The molecule has 0 bridgehead atoms. The number of rotatable bonds is 5. The van der Waals surface area contributed by atoms with Crippen LogP contribution in [0.1, 0.15) is 12.0 Å². The highest BCUT2D eigenvalue weighted by molar-refractivity contribution is 5.45. The number of nitrogens with two attached hydrogens (primary N) is 1. The molecule has 78 valence electrons. The molecule has 1 heterocycles. The zero-order chi connectivity index (χ0) is 10.4. The van der Waals surface area contributed by atoms with E-state index in [2.05, 4.69) is 4.98 Å². The van der Waals surface area contributed by atoms with Crippen molar-refractivity contribution in [3.05, 3.63) is 17.8 Å². The number of anilines is 1. The fraction of sp³-hybridized carbons (Fsp3) is 0.500. The number of nitrogens with zero attached hydrogens (tertiary/aromatic N) is 1. The fourth-order valence-electron chi connectivity index (χ4n) is 1.000. The molecule has 0 aromatic carbocycles. The van der Waals surface area contributed by atoms with Crippen LogP contribution in [-0.4, -0.2) is 25.3 Å². The van der Waals surface area contributed by atoms with Crippen LogP contribution in [0.5, 0.6) is 5.88 Å². The van der Waals surface area contributed by atoms with Crippen LogP contribution in [0.25, 0.3) is 0 Å². The lowest BCUT2D eigenvalue weighted by Gasteiger charge is -2.06. The van der Waals surface area contributed by atoms with E-state index in [1.807, 2.05) is 13.0 Å². The molecule has 4 heteroatoms. The second-order valence-corrected chi connectivity index (χ2v) is 3.07. The summed E-state index contributed by atoms with van der Waals surface area (Å²) in [6.45, 7) is 3.25. The molecule has 0 fully saturated rings. The lowest BCUT2D eigenvalue weighted by molar-refractivity contribution is 0.170. The Morgan fingerprint density at radius 2 is 2.21 bits per heavy atom. The topological polar surface area (TPSA) is 57.4 Å². The number of hydrogen-bond acceptors (Lipinski definition) is 4. The van der Waals surface area contributed by atoms with E-state index >= 15 is 0 Å². The van der Waals surface area contributed by atoms with Gasteiger partial charge in [-0.1, -0.05) is 0 Å². The van der Waals surface area contributed by atoms with Crippen LogP contribution < -0.4 is 10.5 Å². The van der Waals surface area contributed by atoms with E-state index in [1.54, 1.807) is 13.3 Å². The Labute approximate surface area is 84.0 Å². The maximum Gasteiger partial charge on any atom is 0.213 e. The van der Waals surface area contributed by atoms with Crippen LogP contribution in [-0.2, 0) is 4.74 Å². The highest BCUT2D eigenvalue weighted by Crippen LogP contribution is 2.14. The van der Waals surface area contributed by atoms with Crippen molar-refractivity contribution in [1.82, 2.24) is 4.98 Å². The summed E-state index contributed by atoms with van der Waals surface area (Å²) in [5.74, 6) is 0.618. The molecule has 1 aromatic rings. The predicted octanol–water partition coefficient (Wildman–Crippen LogP) is 1.39. The monoisotopic (exact) mass is 196 g/mol.